The monoisotopic (exact) mass is 371 g/mol. The fourth-order valence-corrected chi connectivity index (χ4v) is 1.96. The number of nitrogens with one attached hydrogen (secondary N) is 2. The van der Waals surface area contributed by atoms with Gasteiger partial charge >= 0.3 is 17.8 Å². The number of ether oxygens (including phenoxy) is 2. The fraction of sp³-hybridized carbons (Fsp3) is 0.111. The molecule has 2 amide bonds. The molecule has 0 aliphatic rings. The number of hydrazone groups is 1. The van der Waals surface area contributed by atoms with E-state index in [4.69, 9.17) is 14.6 Å². The van der Waals surface area contributed by atoms with Crippen molar-refractivity contribution >= 4 is 29.7 Å². The second-order valence-corrected chi connectivity index (χ2v) is 5.11. The average molecular weight is 371 g/mol. The Morgan fingerprint density at radius 2 is 1.89 bits per heavy atom. The highest BCUT2D eigenvalue weighted by Gasteiger charge is 2.13. The maximum absolute atomic E-state index is 11.9. The van der Waals surface area contributed by atoms with Crippen molar-refractivity contribution in [3.05, 3.63) is 54.1 Å². The first-order valence-electron chi connectivity index (χ1n) is 7.71. The Morgan fingerprint density at radius 1 is 1.11 bits per heavy atom. The van der Waals surface area contributed by atoms with E-state index in [1.165, 1.54) is 13.3 Å². The number of amides is 2. The molecule has 0 aromatic heterocycles. The topological polar surface area (TPSA) is 126 Å². The third kappa shape index (κ3) is 6.16. The van der Waals surface area contributed by atoms with E-state index in [1.54, 1.807) is 48.5 Å². The molecule has 2 aromatic carbocycles. The van der Waals surface area contributed by atoms with Crippen LogP contribution in [0.1, 0.15) is 5.56 Å². The number of rotatable bonds is 7. The molecule has 0 saturated carbocycles. The van der Waals surface area contributed by atoms with Gasteiger partial charge < -0.3 is 19.9 Å². The number of carboxylic acids is 1. The van der Waals surface area contributed by atoms with E-state index >= 15 is 0 Å². The molecule has 0 heterocycles. The molecule has 0 aliphatic heterocycles. The molecule has 0 atom stereocenters. The van der Waals surface area contributed by atoms with E-state index in [2.05, 4.69) is 15.8 Å². The zero-order chi connectivity index (χ0) is 19.6. The van der Waals surface area contributed by atoms with Crippen LogP contribution in [0.15, 0.2) is 53.6 Å². The first kappa shape index (κ1) is 19.4. The predicted molar refractivity (Wildman–Crippen MR) is 96.9 cm³/mol. The number of methoxy groups -OCH3 is 1. The summed E-state index contributed by atoms with van der Waals surface area (Å²) in [6.45, 7) is -0.514. The summed E-state index contributed by atoms with van der Waals surface area (Å²) in [5.41, 5.74) is 2.92. The Kier molecular flexibility index (Phi) is 6.89. The van der Waals surface area contributed by atoms with Crippen LogP contribution < -0.4 is 20.2 Å². The Morgan fingerprint density at radius 3 is 2.63 bits per heavy atom. The molecule has 140 valence electrons. The fourth-order valence-electron chi connectivity index (χ4n) is 1.96. The molecular weight excluding hydrogens is 354 g/mol. The first-order chi connectivity index (χ1) is 13.0. The second-order valence-electron chi connectivity index (χ2n) is 5.11. The zero-order valence-corrected chi connectivity index (χ0v) is 14.3. The lowest BCUT2D eigenvalue weighted by atomic mass is 10.2. The molecule has 0 spiro atoms. The van der Waals surface area contributed by atoms with Gasteiger partial charge in [-0.2, -0.15) is 5.10 Å². The number of anilines is 1. The molecule has 0 saturated heterocycles. The number of benzene rings is 2. The smallest absolute Gasteiger partial charge is 0.341 e. The Balaban J connectivity index is 1.94. The Hall–Kier alpha value is -3.88. The van der Waals surface area contributed by atoms with Crippen molar-refractivity contribution in [2.75, 3.05) is 19.0 Å². The summed E-state index contributed by atoms with van der Waals surface area (Å²) < 4.78 is 10.1. The normalized spacial score (nSPS) is 10.3. The number of carbonyl (C=O) groups is 3. The third-order valence-electron chi connectivity index (χ3n) is 3.17. The van der Waals surface area contributed by atoms with Crippen molar-refractivity contribution in [1.82, 2.24) is 5.43 Å². The summed E-state index contributed by atoms with van der Waals surface area (Å²) in [4.78, 5) is 34.3. The largest absolute Gasteiger partial charge is 0.497 e. The van der Waals surface area contributed by atoms with Gasteiger partial charge in [-0.05, 0) is 24.3 Å². The van der Waals surface area contributed by atoms with Crippen LogP contribution in [0.3, 0.4) is 0 Å². The molecule has 2 aromatic rings. The van der Waals surface area contributed by atoms with E-state index in [-0.39, 0.29) is 5.75 Å². The minimum atomic E-state index is -1.12. The number of para-hydroxylation sites is 1. The molecule has 2 rings (SSSR count). The van der Waals surface area contributed by atoms with E-state index in [0.717, 1.165) is 0 Å². The van der Waals surface area contributed by atoms with Gasteiger partial charge in [0.05, 0.1) is 13.3 Å². The number of carbonyl (C=O) groups excluding carboxylic acids is 2. The number of carboxylic acid groups (broad SMARTS) is 1. The molecule has 0 fully saturated rings. The SMILES string of the molecule is COc1cccc(NC(=O)C(=O)N/N=C\c2ccccc2OCC(=O)O)c1. The van der Waals surface area contributed by atoms with Crippen LogP contribution in [0.5, 0.6) is 11.5 Å². The molecule has 0 unspecified atom stereocenters. The maximum Gasteiger partial charge on any atom is 0.341 e. The van der Waals surface area contributed by atoms with Crippen LogP contribution in [0.25, 0.3) is 0 Å². The lowest BCUT2D eigenvalue weighted by molar-refractivity contribution is -0.139. The number of aliphatic carboxylic acids is 1. The molecule has 9 nitrogen and oxygen atoms in total. The lowest BCUT2D eigenvalue weighted by Gasteiger charge is -2.07. The van der Waals surface area contributed by atoms with Gasteiger partial charge in [-0.3, -0.25) is 9.59 Å². The highest BCUT2D eigenvalue weighted by molar-refractivity contribution is 6.39. The van der Waals surface area contributed by atoms with Gasteiger partial charge in [0.25, 0.3) is 0 Å². The lowest BCUT2D eigenvalue weighted by Crippen LogP contribution is -2.32. The molecular formula is C18H17N3O6. The van der Waals surface area contributed by atoms with Crippen molar-refractivity contribution in [1.29, 1.82) is 0 Å². The van der Waals surface area contributed by atoms with Crippen molar-refractivity contribution < 1.29 is 29.0 Å². The van der Waals surface area contributed by atoms with Gasteiger partial charge in [0, 0.05) is 17.3 Å². The van der Waals surface area contributed by atoms with Gasteiger partial charge in [0.15, 0.2) is 6.61 Å². The second kappa shape index (κ2) is 9.56. The molecule has 3 N–H and O–H groups in total. The van der Waals surface area contributed by atoms with Crippen LogP contribution in [0.4, 0.5) is 5.69 Å². The average Bonchev–Trinajstić information content (AvgIpc) is 2.67. The predicted octanol–water partition coefficient (Wildman–Crippen LogP) is 1.25. The molecule has 0 radical (unpaired) electrons. The zero-order valence-electron chi connectivity index (χ0n) is 14.3. The summed E-state index contributed by atoms with van der Waals surface area (Å²) in [5, 5.41) is 14.8. The maximum atomic E-state index is 11.9. The summed E-state index contributed by atoms with van der Waals surface area (Å²) in [5.74, 6) is -2.19. The number of nitrogens with zero attached hydrogens (tertiary/aromatic N) is 1. The van der Waals surface area contributed by atoms with Gasteiger partial charge in [-0.1, -0.05) is 18.2 Å². The molecule has 27 heavy (non-hydrogen) atoms. The highest BCUT2D eigenvalue weighted by Crippen LogP contribution is 2.17. The minimum absolute atomic E-state index is 0.277. The third-order valence-corrected chi connectivity index (χ3v) is 3.17. The number of hydrogen-bond acceptors (Lipinski definition) is 6. The standard InChI is InChI=1S/C18H17N3O6/c1-26-14-7-4-6-13(9-14)20-17(24)18(25)21-19-10-12-5-2-3-8-15(12)27-11-16(22)23/h2-10H,11H2,1H3,(H,20,24)(H,21,25)(H,22,23)/b19-10-. The highest BCUT2D eigenvalue weighted by atomic mass is 16.5. The van der Waals surface area contributed by atoms with Crippen LogP contribution in [0, 0.1) is 0 Å². The first-order valence-corrected chi connectivity index (χ1v) is 7.71. The summed E-state index contributed by atoms with van der Waals surface area (Å²) in [6, 6.07) is 13.0. The van der Waals surface area contributed by atoms with Crippen molar-refractivity contribution in [2.45, 2.75) is 0 Å². The van der Waals surface area contributed by atoms with Crippen LogP contribution in [-0.2, 0) is 14.4 Å². The van der Waals surface area contributed by atoms with Crippen LogP contribution in [0.2, 0.25) is 0 Å². The number of hydrogen-bond donors (Lipinski definition) is 3. The van der Waals surface area contributed by atoms with Crippen molar-refractivity contribution in [3.8, 4) is 11.5 Å². The van der Waals surface area contributed by atoms with Gasteiger partial charge in [-0.25, -0.2) is 10.2 Å². The van der Waals surface area contributed by atoms with Crippen molar-refractivity contribution in [2.24, 2.45) is 5.10 Å². The van der Waals surface area contributed by atoms with E-state index in [9.17, 15) is 14.4 Å². The summed E-state index contributed by atoms with van der Waals surface area (Å²) >= 11 is 0. The summed E-state index contributed by atoms with van der Waals surface area (Å²) in [6.07, 6.45) is 1.24. The molecule has 9 heteroatoms. The summed E-state index contributed by atoms with van der Waals surface area (Å²) in [7, 11) is 1.49. The molecule has 0 bridgehead atoms. The van der Waals surface area contributed by atoms with E-state index < -0.39 is 24.4 Å². The Bertz CT molecular complexity index is 866. The van der Waals surface area contributed by atoms with Crippen molar-refractivity contribution in [3.63, 3.8) is 0 Å². The van der Waals surface area contributed by atoms with Gasteiger partial charge in [0.2, 0.25) is 0 Å². The Labute approximate surface area is 154 Å². The minimum Gasteiger partial charge on any atom is -0.497 e. The van der Waals surface area contributed by atoms with Gasteiger partial charge in [0.1, 0.15) is 11.5 Å². The van der Waals surface area contributed by atoms with Gasteiger partial charge in [-0.15, -0.1) is 0 Å². The van der Waals surface area contributed by atoms with E-state index in [1.807, 2.05) is 0 Å². The van der Waals surface area contributed by atoms with Crippen LogP contribution in [-0.4, -0.2) is 42.8 Å². The van der Waals surface area contributed by atoms with Crippen LogP contribution >= 0.6 is 0 Å². The van der Waals surface area contributed by atoms with E-state index in [0.29, 0.717) is 17.0 Å². The quantitative estimate of drug-likeness (QED) is 0.382. The molecule has 0 aliphatic carbocycles.